The quantitative estimate of drug-likeness (QED) is 0.449. The van der Waals surface area contributed by atoms with E-state index in [0.717, 1.165) is 0 Å². The molecule has 7 heteroatoms. The van der Waals surface area contributed by atoms with Crippen LogP contribution in [-0.4, -0.2) is 25.1 Å². The topological polar surface area (TPSA) is 86.7 Å². The first kappa shape index (κ1) is 8.57. The number of nitrogens with zero attached hydrogens (tertiary/aromatic N) is 5. The van der Waals surface area contributed by atoms with Crippen molar-refractivity contribution in [2.24, 2.45) is 0 Å². The summed E-state index contributed by atoms with van der Waals surface area (Å²) in [4.78, 5) is 10.7. The van der Waals surface area contributed by atoms with Crippen molar-refractivity contribution in [2.45, 2.75) is 26.3 Å². The Morgan fingerprint density at radius 1 is 1.50 bits per heavy atom. The SMILES string of the molecule is CC(C)(C)n1nnc([N+](=O)[O-])n1. The van der Waals surface area contributed by atoms with Crippen LogP contribution in [0.25, 0.3) is 0 Å². The second-order valence-electron chi connectivity index (χ2n) is 3.31. The van der Waals surface area contributed by atoms with Gasteiger partial charge in [0.2, 0.25) is 0 Å². The molecule has 0 unspecified atom stereocenters. The van der Waals surface area contributed by atoms with Crippen molar-refractivity contribution in [3.63, 3.8) is 0 Å². The van der Waals surface area contributed by atoms with Gasteiger partial charge in [-0.15, -0.1) is 0 Å². The standard InChI is InChI=1S/C5H9N5O2/c1-5(2,3)10-7-4(6-8-10)9(11)12/h1-3H3. The Kier molecular flexibility index (Phi) is 1.79. The Bertz CT molecular complexity index is 299. The maximum atomic E-state index is 10.2. The van der Waals surface area contributed by atoms with Crippen LogP contribution in [0.15, 0.2) is 0 Å². The molecule has 0 atom stereocenters. The lowest BCUT2D eigenvalue weighted by molar-refractivity contribution is -0.394. The Labute approximate surface area is 68.5 Å². The zero-order valence-electron chi connectivity index (χ0n) is 7.05. The number of aromatic nitrogens is 4. The second-order valence-corrected chi connectivity index (χ2v) is 3.31. The lowest BCUT2D eigenvalue weighted by Gasteiger charge is -2.11. The number of hydrogen-bond donors (Lipinski definition) is 0. The van der Waals surface area contributed by atoms with Crippen LogP contribution in [0.3, 0.4) is 0 Å². The third-order valence-corrected chi connectivity index (χ3v) is 1.17. The molecule has 0 radical (unpaired) electrons. The highest BCUT2D eigenvalue weighted by molar-refractivity contribution is 4.93. The average Bonchev–Trinajstić information content (AvgIpc) is 2.30. The van der Waals surface area contributed by atoms with Gasteiger partial charge in [0.1, 0.15) is 0 Å². The Morgan fingerprint density at radius 2 is 2.08 bits per heavy atom. The van der Waals surface area contributed by atoms with Gasteiger partial charge in [0, 0.05) is 5.21 Å². The third kappa shape index (κ3) is 1.55. The molecule has 0 aliphatic carbocycles. The molecule has 1 aromatic heterocycles. The van der Waals surface area contributed by atoms with Gasteiger partial charge < -0.3 is 10.1 Å². The maximum absolute atomic E-state index is 10.2. The molecule has 0 fully saturated rings. The lowest BCUT2D eigenvalue weighted by Crippen LogP contribution is -2.24. The fourth-order valence-corrected chi connectivity index (χ4v) is 0.564. The van der Waals surface area contributed by atoms with E-state index in [-0.39, 0.29) is 5.54 Å². The van der Waals surface area contributed by atoms with E-state index in [2.05, 4.69) is 15.4 Å². The van der Waals surface area contributed by atoms with Crippen LogP contribution in [-0.2, 0) is 5.54 Å². The molecule has 0 aliphatic rings. The number of hydrogen-bond acceptors (Lipinski definition) is 5. The summed E-state index contributed by atoms with van der Waals surface area (Å²) in [5, 5.41) is 20.6. The van der Waals surface area contributed by atoms with E-state index in [0.29, 0.717) is 0 Å². The lowest BCUT2D eigenvalue weighted by atomic mass is 10.1. The fourth-order valence-electron chi connectivity index (χ4n) is 0.564. The normalized spacial score (nSPS) is 11.6. The molecule has 0 aromatic carbocycles. The molecular formula is C5H9N5O2. The Balaban J connectivity index is 3.00. The maximum Gasteiger partial charge on any atom is 0.514 e. The van der Waals surface area contributed by atoms with E-state index < -0.39 is 10.9 Å². The minimum absolute atomic E-state index is 0.374. The van der Waals surface area contributed by atoms with E-state index in [1.807, 2.05) is 20.8 Å². The fraction of sp³-hybridized carbons (Fsp3) is 0.800. The van der Waals surface area contributed by atoms with E-state index in [1.54, 1.807) is 0 Å². The molecule has 1 heterocycles. The predicted molar refractivity (Wildman–Crippen MR) is 39.5 cm³/mol. The van der Waals surface area contributed by atoms with Gasteiger partial charge in [-0.2, -0.15) is 0 Å². The summed E-state index contributed by atoms with van der Waals surface area (Å²) in [5.41, 5.74) is -0.374. The van der Waals surface area contributed by atoms with Gasteiger partial charge >= 0.3 is 5.95 Å². The highest BCUT2D eigenvalue weighted by atomic mass is 16.6. The van der Waals surface area contributed by atoms with Crippen molar-refractivity contribution in [1.82, 2.24) is 20.2 Å². The van der Waals surface area contributed by atoms with Crippen LogP contribution in [0.2, 0.25) is 0 Å². The van der Waals surface area contributed by atoms with Gasteiger partial charge in [0.15, 0.2) is 0 Å². The van der Waals surface area contributed by atoms with Crippen LogP contribution < -0.4 is 0 Å². The summed E-state index contributed by atoms with van der Waals surface area (Å²) in [6.07, 6.45) is 0. The molecule has 0 saturated heterocycles. The Hall–Kier alpha value is -1.53. The van der Waals surface area contributed by atoms with Gasteiger partial charge in [-0.05, 0) is 25.7 Å². The molecule has 0 saturated carbocycles. The van der Waals surface area contributed by atoms with Crippen molar-refractivity contribution in [3.05, 3.63) is 10.1 Å². The van der Waals surface area contributed by atoms with Crippen LogP contribution in [0.4, 0.5) is 5.95 Å². The van der Waals surface area contributed by atoms with Gasteiger partial charge in [-0.25, -0.2) is 0 Å². The van der Waals surface area contributed by atoms with Crippen molar-refractivity contribution in [2.75, 3.05) is 0 Å². The van der Waals surface area contributed by atoms with Gasteiger partial charge in [-0.3, -0.25) is 0 Å². The minimum Gasteiger partial charge on any atom is -0.390 e. The first-order valence-corrected chi connectivity index (χ1v) is 3.36. The van der Waals surface area contributed by atoms with Crippen molar-refractivity contribution < 1.29 is 4.92 Å². The number of rotatable bonds is 1. The van der Waals surface area contributed by atoms with Crippen molar-refractivity contribution >= 4 is 5.95 Å². The molecule has 7 nitrogen and oxygen atoms in total. The molecule has 0 bridgehead atoms. The summed E-state index contributed by atoms with van der Waals surface area (Å²) >= 11 is 0. The zero-order valence-corrected chi connectivity index (χ0v) is 7.05. The second kappa shape index (κ2) is 2.50. The van der Waals surface area contributed by atoms with Crippen molar-refractivity contribution in [1.29, 1.82) is 0 Å². The smallest absolute Gasteiger partial charge is 0.390 e. The Morgan fingerprint density at radius 3 is 2.33 bits per heavy atom. The molecule has 0 spiro atoms. The van der Waals surface area contributed by atoms with Crippen LogP contribution in [0.5, 0.6) is 0 Å². The van der Waals surface area contributed by atoms with E-state index >= 15 is 0 Å². The van der Waals surface area contributed by atoms with Crippen molar-refractivity contribution in [3.8, 4) is 0 Å². The first-order chi connectivity index (χ1) is 5.41. The van der Waals surface area contributed by atoms with E-state index in [4.69, 9.17) is 0 Å². The van der Waals surface area contributed by atoms with Crippen LogP contribution in [0.1, 0.15) is 20.8 Å². The van der Waals surface area contributed by atoms with Crippen LogP contribution in [0, 0.1) is 10.1 Å². The highest BCUT2D eigenvalue weighted by Crippen LogP contribution is 2.10. The first-order valence-electron chi connectivity index (χ1n) is 3.36. The molecular weight excluding hydrogens is 162 g/mol. The average molecular weight is 171 g/mol. The summed E-state index contributed by atoms with van der Waals surface area (Å²) in [6, 6.07) is 0. The van der Waals surface area contributed by atoms with E-state index in [9.17, 15) is 10.1 Å². The molecule has 0 amide bonds. The summed E-state index contributed by atoms with van der Waals surface area (Å²) in [6.45, 7) is 5.50. The summed E-state index contributed by atoms with van der Waals surface area (Å²) < 4.78 is 0. The molecule has 12 heavy (non-hydrogen) atoms. The number of tetrazole rings is 1. The molecule has 1 aromatic rings. The zero-order chi connectivity index (χ0) is 9.35. The van der Waals surface area contributed by atoms with E-state index in [1.165, 1.54) is 4.80 Å². The summed E-state index contributed by atoms with van der Waals surface area (Å²) in [7, 11) is 0. The molecule has 1 rings (SSSR count). The molecule has 66 valence electrons. The monoisotopic (exact) mass is 171 g/mol. The van der Waals surface area contributed by atoms with Gasteiger partial charge in [0.05, 0.1) is 15.7 Å². The van der Waals surface area contributed by atoms with Gasteiger partial charge in [0.25, 0.3) is 0 Å². The third-order valence-electron chi connectivity index (χ3n) is 1.17. The number of nitro groups is 1. The summed E-state index contributed by atoms with van der Waals surface area (Å²) in [5.74, 6) is -0.468. The molecule has 0 N–H and O–H groups in total. The largest absolute Gasteiger partial charge is 0.514 e. The minimum atomic E-state index is -0.671. The highest BCUT2D eigenvalue weighted by Gasteiger charge is 2.24. The predicted octanol–water partition coefficient (Wildman–Crippen LogP) is 0.336. The van der Waals surface area contributed by atoms with Gasteiger partial charge in [-0.1, -0.05) is 4.80 Å². The van der Waals surface area contributed by atoms with Crippen LogP contribution >= 0.6 is 0 Å². The molecule has 0 aliphatic heterocycles.